The van der Waals surface area contributed by atoms with Crippen LogP contribution in [0.4, 0.5) is 0 Å². The lowest BCUT2D eigenvalue weighted by Gasteiger charge is -2.03. The quantitative estimate of drug-likeness (QED) is 0.239. The van der Waals surface area contributed by atoms with Gasteiger partial charge in [0.15, 0.2) is 11.9 Å². The van der Waals surface area contributed by atoms with Crippen molar-refractivity contribution in [2.45, 2.75) is 32.9 Å². The molecule has 118 valence electrons. The molecule has 0 spiro atoms. The van der Waals surface area contributed by atoms with Crippen molar-refractivity contribution in [3.05, 3.63) is 11.9 Å². The molecule has 0 radical (unpaired) electrons. The molecule has 0 aromatic carbocycles. The molecule has 0 aliphatic carbocycles. The fraction of sp³-hybridized carbons (Fsp3) is 0.846. The number of rotatable bonds is 11. The van der Waals surface area contributed by atoms with Crippen LogP contribution >= 0.6 is 0 Å². The van der Waals surface area contributed by atoms with E-state index >= 15 is 0 Å². The molecule has 0 saturated carbocycles. The SMILES string of the molecule is CCCc1cn(COCCCOCCOC)n[n+]1C.[I-]. The number of hydrogen-bond acceptors (Lipinski definition) is 4. The third-order valence-electron chi connectivity index (χ3n) is 2.70. The van der Waals surface area contributed by atoms with Crippen molar-refractivity contribution in [2.75, 3.05) is 33.5 Å². The molecule has 1 heterocycles. The minimum Gasteiger partial charge on any atom is -1.00 e. The molecule has 7 heteroatoms. The summed E-state index contributed by atoms with van der Waals surface area (Å²) < 4.78 is 19.5. The molecule has 1 aromatic rings. The Morgan fingerprint density at radius 3 is 2.65 bits per heavy atom. The van der Waals surface area contributed by atoms with Crippen molar-refractivity contribution in [2.24, 2.45) is 7.05 Å². The maximum absolute atomic E-state index is 5.55. The van der Waals surface area contributed by atoms with Crippen molar-refractivity contribution in [3.8, 4) is 0 Å². The Morgan fingerprint density at radius 2 is 1.95 bits per heavy atom. The molecule has 20 heavy (non-hydrogen) atoms. The molecular formula is C13H26IN3O3. The predicted octanol–water partition coefficient (Wildman–Crippen LogP) is -2.31. The molecule has 1 rings (SSSR count). The van der Waals surface area contributed by atoms with E-state index in [2.05, 4.69) is 12.1 Å². The van der Waals surface area contributed by atoms with Crippen molar-refractivity contribution >= 4 is 0 Å². The number of nitrogens with zero attached hydrogens (tertiary/aromatic N) is 3. The van der Waals surface area contributed by atoms with Crippen LogP contribution in [0.25, 0.3) is 0 Å². The normalized spacial score (nSPS) is 10.6. The standard InChI is InChI=1S/C13H26N3O3.HI/c1-4-6-13-11-16(14-15(13)2)12-19-8-5-7-18-10-9-17-3;/h11H,4-10,12H2,1-3H3;1H/q+1;/p-1. The van der Waals surface area contributed by atoms with Gasteiger partial charge in [-0.15, -0.1) is 9.36 Å². The zero-order chi connectivity index (χ0) is 13.9. The van der Waals surface area contributed by atoms with E-state index in [0.29, 0.717) is 33.2 Å². The fourth-order valence-electron chi connectivity index (χ4n) is 1.72. The fourth-order valence-corrected chi connectivity index (χ4v) is 1.72. The van der Waals surface area contributed by atoms with Gasteiger partial charge in [0.05, 0.1) is 25.0 Å². The second-order valence-corrected chi connectivity index (χ2v) is 4.42. The minimum atomic E-state index is 0. The molecule has 1 aromatic heterocycles. The Kier molecular flexibility index (Phi) is 12.3. The van der Waals surface area contributed by atoms with Gasteiger partial charge in [0.1, 0.15) is 7.05 Å². The van der Waals surface area contributed by atoms with E-state index in [4.69, 9.17) is 14.2 Å². The number of aryl methyl sites for hydroxylation is 2. The highest BCUT2D eigenvalue weighted by Gasteiger charge is 2.10. The zero-order valence-corrected chi connectivity index (χ0v) is 14.8. The van der Waals surface area contributed by atoms with Gasteiger partial charge in [-0.1, -0.05) is 6.92 Å². The van der Waals surface area contributed by atoms with Crippen molar-refractivity contribution in [1.29, 1.82) is 0 Å². The van der Waals surface area contributed by atoms with Crippen LogP contribution in [0.3, 0.4) is 0 Å². The van der Waals surface area contributed by atoms with Crippen LogP contribution < -0.4 is 28.7 Å². The lowest BCUT2D eigenvalue weighted by atomic mass is 10.3. The van der Waals surface area contributed by atoms with Gasteiger partial charge in [-0.25, -0.2) is 0 Å². The van der Waals surface area contributed by atoms with E-state index in [9.17, 15) is 0 Å². The molecule has 0 bridgehead atoms. The Morgan fingerprint density at radius 1 is 1.20 bits per heavy atom. The minimum absolute atomic E-state index is 0. The Labute approximate surface area is 138 Å². The number of hydrogen-bond donors (Lipinski definition) is 0. The average Bonchev–Trinajstić information content (AvgIpc) is 2.74. The van der Waals surface area contributed by atoms with E-state index in [1.807, 2.05) is 22.6 Å². The Bertz CT molecular complexity index is 348. The van der Waals surface area contributed by atoms with Crippen LogP contribution in [-0.4, -0.2) is 43.4 Å². The summed E-state index contributed by atoms with van der Waals surface area (Å²) in [5, 5.41) is 4.35. The van der Waals surface area contributed by atoms with Crippen LogP contribution in [0.1, 0.15) is 25.5 Å². The first kappa shape index (κ1) is 19.8. The third kappa shape index (κ3) is 8.13. The van der Waals surface area contributed by atoms with Crippen LogP contribution in [0.15, 0.2) is 6.20 Å². The van der Waals surface area contributed by atoms with Gasteiger partial charge in [-0.2, -0.15) is 0 Å². The Balaban J connectivity index is 0.00000361. The number of halogens is 1. The Hall–Kier alpha value is -0.250. The van der Waals surface area contributed by atoms with Gasteiger partial charge in [0, 0.05) is 20.1 Å². The highest BCUT2D eigenvalue weighted by Crippen LogP contribution is 1.96. The lowest BCUT2D eigenvalue weighted by Crippen LogP contribution is -3.00. The van der Waals surface area contributed by atoms with Gasteiger partial charge < -0.3 is 38.2 Å². The smallest absolute Gasteiger partial charge is 0.213 e. The molecule has 0 amide bonds. The maximum atomic E-state index is 5.55. The summed E-state index contributed by atoms with van der Waals surface area (Å²) in [6, 6.07) is 0. The topological polar surface area (TPSA) is 49.4 Å². The first-order valence-electron chi connectivity index (χ1n) is 6.85. The van der Waals surface area contributed by atoms with E-state index in [-0.39, 0.29) is 24.0 Å². The second-order valence-electron chi connectivity index (χ2n) is 4.42. The molecular weight excluding hydrogens is 373 g/mol. The van der Waals surface area contributed by atoms with Gasteiger partial charge in [-0.3, -0.25) is 0 Å². The number of methoxy groups -OCH3 is 1. The van der Waals surface area contributed by atoms with Crippen LogP contribution in [0, 0.1) is 0 Å². The average molecular weight is 399 g/mol. The summed E-state index contributed by atoms with van der Waals surface area (Å²) in [4.78, 5) is 0. The molecule has 0 saturated heterocycles. The summed E-state index contributed by atoms with van der Waals surface area (Å²) in [6.07, 6.45) is 5.10. The summed E-state index contributed by atoms with van der Waals surface area (Å²) in [7, 11) is 3.63. The predicted molar refractivity (Wildman–Crippen MR) is 70.7 cm³/mol. The molecule has 0 unspecified atom stereocenters. The first-order valence-corrected chi connectivity index (χ1v) is 6.85. The third-order valence-corrected chi connectivity index (χ3v) is 2.70. The van der Waals surface area contributed by atoms with Gasteiger partial charge in [-0.05, 0) is 12.8 Å². The molecule has 6 nitrogen and oxygen atoms in total. The molecule has 0 N–H and O–H groups in total. The highest BCUT2D eigenvalue weighted by atomic mass is 127. The largest absolute Gasteiger partial charge is 1.00 e. The van der Waals surface area contributed by atoms with E-state index in [0.717, 1.165) is 19.3 Å². The molecule has 0 atom stereocenters. The second kappa shape index (κ2) is 12.5. The summed E-state index contributed by atoms with van der Waals surface area (Å²) in [6.45, 7) is 5.33. The molecule has 0 aliphatic heterocycles. The number of aromatic nitrogens is 3. The molecule has 0 fully saturated rings. The number of ether oxygens (including phenoxy) is 3. The van der Waals surface area contributed by atoms with E-state index in [1.165, 1.54) is 5.69 Å². The van der Waals surface area contributed by atoms with E-state index in [1.54, 1.807) is 7.11 Å². The van der Waals surface area contributed by atoms with Crippen LogP contribution in [0.5, 0.6) is 0 Å². The van der Waals surface area contributed by atoms with Crippen molar-refractivity contribution < 1.29 is 42.9 Å². The van der Waals surface area contributed by atoms with Crippen LogP contribution in [-0.2, 0) is 34.4 Å². The monoisotopic (exact) mass is 399 g/mol. The summed E-state index contributed by atoms with van der Waals surface area (Å²) >= 11 is 0. The highest BCUT2D eigenvalue weighted by molar-refractivity contribution is 4.84. The van der Waals surface area contributed by atoms with Crippen LogP contribution in [0.2, 0.25) is 0 Å². The van der Waals surface area contributed by atoms with E-state index < -0.39 is 0 Å². The van der Waals surface area contributed by atoms with Crippen molar-refractivity contribution in [1.82, 2.24) is 9.90 Å². The zero-order valence-electron chi connectivity index (χ0n) is 12.7. The molecule has 0 aliphatic rings. The van der Waals surface area contributed by atoms with Crippen molar-refractivity contribution in [3.63, 3.8) is 0 Å². The maximum Gasteiger partial charge on any atom is 0.213 e. The van der Waals surface area contributed by atoms with Gasteiger partial charge in [0.25, 0.3) is 0 Å². The summed E-state index contributed by atoms with van der Waals surface area (Å²) in [5.41, 5.74) is 1.23. The van der Waals surface area contributed by atoms with Gasteiger partial charge >= 0.3 is 0 Å². The first-order chi connectivity index (χ1) is 9.27. The lowest BCUT2D eigenvalue weighted by molar-refractivity contribution is -0.739. The summed E-state index contributed by atoms with van der Waals surface area (Å²) in [5.74, 6) is 0. The van der Waals surface area contributed by atoms with Gasteiger partial charge in [0.2, 0.25) is 6.73 Å².